The zero-order valence-corrected chi connectivity index (χ0v) is 11.9. The summed E-state index contributed by atoms with van der Waals surface area (Å²) in [5.74, 6) is -0.0237. The fraction of sp³-hybridized carbons (Fsp3) is 0.500. The van der Waals surface area contributed by atoms with Gasteiger partial charge in [-0.3, -0.25) is 4.79 Å². The maximum Gasteiger partial charge on any atom is 0.255 e. The van der Waals surface area contributed by atoms with Gasteiger partial charge in [-0.25, -0.2) is 0 Å². The van der Waals surface area contributed by atoms with E-state index in [1.54, 1.807) is 31.1 Å². The van der Waals surface area contributed by atoms with E-state index in [1.807, 2.05) is 6.07 Å². The van der Waals surface area contributed by atoms with Crippen LogP contribution in [0.3, 0.4) is 0 Å². The number of nitrogen functional groups attached to an aromatic ring is 1. The first-order valence-corrected chi connectivity index (χ1v) is 6.16. The van der Waals surface area contributed by atoms with Crippen molar-refractivity contribution >= 4 is 17.3 Å². The van der Waals surface area contributed by atoms with Crippen molar-refractivity contribution in [1.29, 1.82) is 0 Å². The predicted molar refractivity (Wildman–Crippen MR) is 76.9 cm³/mol. The van der Waals surface area contributed by atoms with E-state index in [9.17, 15) is 4.79 Å². The Morgan fingerprint density at radius 1 is 1.39 bits per heavy atom. The third-order valence-electron chi connectivity index (χ3n) is 3.04. The van der Waals surface area contributed by atoms with Crippen LogP contribution in [0.2, 0.25) is 0 Å². The molecule has 1 aromatic carbocycles. The first-order valence-electron chi connectivity index (χ1n) is 6.16. The minimum absolute atomic E-state index is 0.0237. The first-order chi connectivity index (χ1) is 8.26. The van der Waals surface area contributed by atoms with Gasteiger partial charge in [0.15, 0.2) is 0 Å². The van der Waals surface area contributed by atoms with Gasteiger partial charge in [0.25, 0.3) is 5.91 Å². The highest BCUT2D eigenvalue weighted by Gasteiger charge is 2.19. The normalized spacial score (nSPS) is 11.2. The molecule has 4 nitrogen and oxygen atoms in total. The zero-order valence-electron chi connectivity index (χ0n) is 11.9. The molecule has 0 aromatic heterocycles. The van der Waals surface area contributed by atoms with Gasteiger partial charge in [0, 0.05) is 31.0 Å². The lowest BCUT2D eigenvalue weighted by atomic mass is 10.00. The quantitative estimate of drug-likeness (QED) is 0.806. The minimum Gasteiger partial charge on any atom is -0.399 e. The van der Waals surface area contributed by atoms with Gasteiger partial charge in [-0.2, -0.15) is 0 Å². The van der Waals surface area contributed by atoms with E-state index in [-0.39, 0.29) is 11.4 Å². The highest BCUT2D eigenvalue weighted by Crippen LogP contribution is 2.25. The molecule has 0 bridgehead atoms. The lowest BCUT2D eigenvalue weighted by molar-refractivity contribution is 0.0828. The van der Waals surface area contributed by atoms with E-state index >= 15 is 0 Å². The van der Waals surface area contributed by atoms with Crippen molar-refractivity contribution in [3.05, 3.63) is 23.8 Å². The Balaban J connectivity index is 3.16. The van der Waals surface area contributed by atoms with Crippen LogP contribution in [0.25, 0.3) is 0 Å². The number of nitrogens with zero attached hydrogens (tertiary/aromatic N) is 1. The molecule has 100 valence electrons. The molecule has 18 heavy (non-hydrogen) atoms. The van der Waals surface area contributed by atoms with Crippen molar-refractivity contribution in [3.8, 4) is 0 Å². The fourth-order valence-corrected chi connectivity index (χ4v) is 1.55. The second-order valence-electron chi connectivity index (χ2n) is 5.37. The summed E-state index contributed by atoms with van der Waals surface area (Å²) in [6.45, 7) is 6.30. The van der Waals surface area contributed by atoms with Gasteiger partial charge in [0.2, 0.25) is 0 Å². The largest absolute Gasteiger partial charge is 0.399 e. The molecule has 3 N–H and O–H groups in total. The summed E-state index contributed by atoms with van der Waals surface area (Å²) in [6.07, 6.45) is 0.956. The Morgan fingerprint density at radius 2 is 2.00 bits per heavy atom. The van der Waals surface area contributed by atoms with Crippen LogP contribution in [-0.4, -0.2) is 30.4 Å². The standard InChI is InChI=1S/C14H23N3O/c1-6-14(2,3)16-12-9-10(15)7-8-11(12)13(18)17(4)5/h7-9,16H,6,15H2,1-5H3. The number of amides is 1. The van der Waals surface area contributed by atoms with Crippen molar-refractivity contribution < 1.29 is 4.79 Å². The molecule has 0 unspecified atom stereocenters. The van der Waals surface area contributed by atoms with E-state index in [4.69, 9.17) is 5.73 Å². The molecule has 0 radical (unpaired) electrons. The number of anilines is 2. The Hall–Kier alpha value is -1.71. The Bertz CT molecular complexity index is 439. The van der Waals surface area contributed by atoms with Gasteiger partial charge in [-0.15, -0.1) is 0 Å². The van der Waals surface area contributed by atoms with Gasteiger partial charge in [0.05, 0.1) is 5.56 Å². The summed E-state index contributed by atoms with van der Waals surface area (Å²) in [5, 5.41) is 3.39. The Labute approximate surface area is 109 Å². The molecule has 0 saturated heterocycles. The topological polar surface area (TPSA) is 58.4 Å². The SMILES string of the molecule is CCC(C)(C)Nc1cc(N)ccc1C(=O)N(C)C. The Morgan fingerprint density at radius 3 is 2.50 bits per heavy atom. The summed E-state index contributed by atoms with van der Waals surface area (Å²) in [7, 11) is 3.49. The number of rotatable bonds is 4. The van der Waals surface area contributed by atoms with Crippen LogP contribution in [0.5, 0.6) is 0 Å². The molecule has 1 aromatic rings. The molecular weight excluding hydrogens is 226 g/mol. The van der Waals surface area contributed by atoms with Crippen LogP contribution in [-0.2, 0) is 0 Å². The molecule has 0 saturated carbocycles. The number of benzene rings is 1. The molecule has 0 aliphatic heterocycles. The van der Waals surface area contributed by atoms with Gasteiger partial charge < -0.3 is 16.0 Å². The molecule has 0 aliphatic carbocycles. The third-order valence-corrected chi connectivity index (χ3v) is 3.04. The number of hydrogen-bond acceptors (Lipinski definition) is 3. The second-order valence-corrected chi connectivity index (χ2v) is 5.37. The van der Waals surface area contributed by atoms with Gasteiger partial charge in [-0.1, -0.05) is 6.92 Å². The number of carbonyl (C=O) groups excluding carboxylic acids is 1. The molecular formula is C14H23N3O. The van der Waals surface area contributed by atoms with E-state index in [1.165, 1.54) is 0 Å². The summed E-state index contributed by atoms with van der Waals surface area (Å²) in [5.41, 5.74) is 7.82. The molecule has 0 aliphatic rings. The maximum absolute atomic E-state index is 12.1. The molecule has 1 rings (SSSR count). The number of nitrogens with one attached hydrogen (secondary N) is 1. The molecule has 1 amide bonds. The van der Waals surface area contributed by atoms with Gasteiger partial charge in [0.1, 0.15) is 0 Å². The summed E-state index contributed by atoms with van der Waals surface area (Å²) >= 11 is 0. The average Bonchev–Trinajstić information content (AvgIpc) is 2.28. The Kier molecular flexibility index (Phi) is 4.22. The zero-order chi connectivity index (χ0) is 13.9. The fourth-order valence-electron chi connectivity index (χ4n) is 1.55. The van der Waals surface area contributed by atoms with Crippen LogP contribution < -0.4 is 11.1 Å². The summed E-state index contributed by atoms with van der Waals surface area (Å²) in [6, 6.07) is 5.33. The van der Waals surface area contributed by atoms with Crippen LogP contribution in [0.15, 0.2) is 18.2 Å². The van der Waals surface area contributed by atoms with E-state index in [0.29, 0.717) is 11.3 Å². The summed E-state index contributed by atoms with van der Waals surface area (Å²) in [4.78, 5) is 13.7. The van der Waals surface area contributed by atoms with Crippen LogP contribution in [0.4, 0.5) is 11.4 Å². The van der Waals surface area contributed by atoms with Crippen molar-refractivity contribution in [2.24, 2.45) is 0 Å². The lowest BCUT2D eigenvalue weighted by Crippen LogP contribution is -2.32. The van der Waals surface area contributed by atoms with Crippen LogP contribution >= 0.6 is 0 Å². The molecule has 4 heteroatoms. The highest BCUT2D eigenvalue weighted by atomic mass is 16.2. The van der Waals surface area contributed by atoms with Gasteiger partial charge in [-0.05, 0) is 38.5 Å². The second kappa shape index (κ2) is 5.29. The van der Waals surface area contributed by atoms with Crippen molar-refractivity contribution in [2.75, 3.05) is 25.1 Å². The van der Waals surface area contributed by atoms with Crippen LogP contribution in [0, 0.1) is 0 Å². The van der Waals surface area contributed by atoms with Crippen molar-refractivity contribution in [3.63, 3.8) is 0 Å². The van der Waals surface area contributed by atoms with Crippen molar-refractivity contribution in [1.82, 2.24) is 4.90 Å². The molecule has 0 spiro atoms. The smallest absolute Gasteiger partial charge is 0.255 e. The van der Waals surface area contributed by atoms with E-state index in [0.717, 1.165) is 12.1 Å². The highest BCUT2D eigenvalue weighted by molar-refractivity contribution is 6.00. The number of carbonyl (C=O) groups is 1. The number of hydrogen-bond donors (Lipinski definition) is 2. The molecule has 0 heterocycles. The third kappa shape index (κ3) is 3.39. The van der Waals surface area contributed by atoms with Crippen LogP contribution in [0.1, 0.15) is 37.6 Å². The maximum atomic E-state index is 12.1. The van der Waals surface area contributed by atoms with E-state index in [2.05, 4.69) is 26.1 Å². The minimum atomic E-state index is -0.0743. The van der Waals surface area contributed by atoms with Gasteiger partial charge >= 0.3 is 0 Å². The molecule has 0 fully saturated rings. The predicted octanol–water partition coefficient (Wildman–Crippen LogP) is 2.57. The average molecular weight is 249 g/mol. The van der Waals surface area contributed by atoms with E-state index < -0.39 is 0 Å². The number of nitrogens with two attached hydrogens (primary N) is 1. The van der Waals surface area contributed by atoms with Crippen molar-refractivity contribution in [2.45, 2.75) is 32.7 Å². The monoisotopic (exact) mass is 249 g/mol. The summed E-state index contributed by atoms with van der Waals surface area (Å²) < 4.78 is 0. The lowest BCUT2D eigenvalue weighted by Gasteiger charge is -2.28. The first kappa shape index (κ1) is 14.4. The molecule has 0 atom stereocenters.